The summed E-state index contributed by atoms with van der Waals surface area (Å²) in [6.45, 7) is 13.4. The third-order valence-electron chi connectivity index (χ3n) is 6.52. The van der Waals surface area contributed by atoms with Crippen LogP contribution in [0.25, 0.3) is 11.0 Å². The quantitative estimate of drug-likeness (QED) is 0.366. The topological polar surface area (TPSA) is 86.6 Å². The average Bonchev–Trinajstić information content (AvgIpc) is 3.24. The minimum Gasteiger partial charge on any atom is -0.760 e. The summed E-state index contributed by atoms with van der Waals surface area (Å²) in [5.74, 6) is 1.33. The monoisotopic (exact) mass is 450 g/mol. The van der Waals surface area contributed by atoms with E-state index in [1.165, 1.54) is 0 Å². The molecule has 2 aliphatic rings. The van der Waals surface area contributed by atoms with E-state index in [0.717, 1.165) is 49.0 Å². The van der Waals surface area contributed by atoms with E-state index in [1.807, 2.05) is 10.8 Å². The molecule has 0 aromatic carbocycles. The van der Waals surface area contributed by atoms with Gasteiger partial charge in [0.25, 0.3) is 0 Å². The highest BCUT2D eigenvalue weighted by Gasteiger charge is 2.47. The largest absolute Gasteiger partial charge is 0.760 e. The fraction of sp³-hybridized carbons (Fsp3) is 0.700. The maximum Gasteiger partial charge on any atom is 0.147 e. The first-order valence-corrected chi connectivity index (χ1v) is 15.4. The molecule has 2 saturated heterocycles. The number of hydrogen-bond donors (Lipinski definition) is 0. The summed E-state index contributed by atoms with van der Waals surface area (Å²) in [5, 5.41) is 1.02. The van der Waals surface area contributed by atoms with E-state index < -0.39 is 19.3 Å². The zero-order chi connectivity index (χ0) is 21.5. The Labute approximate surface area is 182 Å². The minimum atomic E-state index is -2.14. The van der Waals surface area contributed by atoms with E-state index in [4.69, 9.17) is 4.74 Å². The van der Waals surface area contributed by atoms with Crippen LogP contribution in [0.15, 0.2) is 18.6 Å². The van der Waals surface area contributed by atoms with Crippen molar-refractivity contribution in [2.45, 2.75) is 45.8 Å². The van der Waals surface area contributed by atoms with Gasteiger partial charge in [0, 0.05) is 63.7 Å². The van der Waals surface area contributed by atoms with E-state index in [2.05, 4.69) is 47.5 Å². The van der Waals surface area contributed by atoms with Crippen LogP contribution in [-0.2, 0) is 22.7 Å². The molecule has 30 heavy (non-hydrogen) atoms. The summed E-state index contributed by atoms with van der Waals surface area (Å²) < 4.78 is 32.4. The molecule has 0 amide bonds. The van der Waals surface area contributed by atoms with Gasteiger partial charge in [0.05, 0.1) is 5.39 Å². The van der Waals surface area contributed by atoms with E-state index in [9.17, 15) is 8.76 Å². The number of rotatable bonds is 7. The Hall–Kier alpha value is -1.33. The molecule has 4 heterocycles. The van der Waals surface area contributed by atoms with Gasteiger partial charge >= 0.3 is 0 Å². The molecule has 3 atom stereocenters. The maximum atomic E-state index is 11.5. The summed E-state index contributed by atoms with van der Waals surface area (Å²) in [6.07, 6.45) is 4.61. The zero-order valence-corrected chi connectivity index (χ0v) is 20.2. The van der Waals surface area contributed by atoms with Gasteiger partial charge in [-0.15, -0.1) is 0 Å². The van der Waals surface area contributed by atoms with Crippen molar-refractivity contribution in [2.75, 3.05) is 37.7 Å². The van der Waals surface area contributed by atoms with Gasteiger partial charge in [0.15, 0.2) is 0 Å². The van der Waals surface area contributed by atoms with Crippen LogP contribution < -0.4 is 4.90 Å². The lowest BCUT2D eigenvalue weighted by Gasteiger charge is -2.42. The highest BCUT2D eigenvalue weighted by atomic mass is 32.2. The molecule has 2 aromatic heterocycles. The van der Waals surface area contributed by atoms with Gasteiger partial charge in [-0.3, -0.25) is 4.21 Å². The number of hydrogen-bond acceptors (Lipinski definition) is 6. The Morgan fingerprint density at radius 2 is 2.13 bits per heavy atom. The van der Waals surface area contributed by atoms with Gasteiger partial charge in [0.2, 0.25) is 0 Å². The standard InChI is InChI=1S/C20H33N5O3SSi/c1-20-12-23(7-5-16(20)11-25(13-20)29(26)27)18-17-6-8-24(19(17)22-14-21-18)15-28-9-10-30(2,3)4/h6,8,14,16H,5,7,9-13,15H2,1-4H3,(H,26,27)/p-1/t16-,20+/m1/s1. The van der Waals surface area contributed by atoms with Gasteiger partial charge in [-0.25, -0.2) is 14.3 Å². The first-order chi connectivity index (χ1) is 14.2. The molecule has 10 heteroatoms. The van der Waals surface area contributed by atoms with Crippen molar-refractivity contribution < 1.29 is 13.5 Å². The minimum absolute atomic E-state index is 0.0574. The molecule has 2 aromatic rings. The van der Waals surface area contributed by atoms with Gasteiger partial charge < -0.3 is 18.8 Å². The Bertz CT molecular complexity index is 933. The molecule has 166 valence electrons. The van der Waals surface area contributed by atoms with Crippen molar-refractivity contribution >= 4 is 36.2 Å². The predicted octanol–water partition coefficient (Wildman–Crippen LogP) is 2.69. The van der Waals surface area contributed by atoms with Crippen LogP contribution >= 0.6 is 0 Å². The third-order valence-corrected chi connectivity index (χ3v) is 8.92. The third kappa shape index (κ3) is 4.47. The second-order valence-corrected chi connectivity index (χ2v) is 16.7. The smallest absolute Gasteiger partial charge is 0.147 e. The summed E-state index contributed by atoms with van der Waals surface area (Å²) in [6, 6.07) is 3.21. The lowest BCUT2D eigenvalue weighted by atomic mass is 9.75. The Kier molecular flexibility index (Phi) is 6.06. The molecule has 1 unspecified atom stereocenters. The summed E-state index contributed by atoms with van der Waals surface area (Å²) in [7, 11) is -1.10. The summed E-state index contributed by atoms with van der Waals surface area (Å²) >= 11 is -2.14. The van der Waals surface area contributed by atoms with Gasteiger partial charge in [-0.05, 0) is 24.4 Å². The fourth-order valence-corrected chi connectivity index (χ4v) is 6.15. The van der Waals surface area contributed by atoms with Crippen LogP contribution in [0.1, 0.15) is 13.3 Å². The molecule has 0 radical (unpaired) electrons. The Morgan fingerprint density at radius 1 is 1.33 bits per heavy atom. The molecular formula is C20H32N5O3SSi-. The summed E-state index contributed by atoms with van der Waals surface area (Å²) in [4.78, 5) is 11.4. The molecule has 2 fully saturated rings. The second kappa shape index (κ2) is 8.31. The van der Waals surface area contributed by atoms with Crippen LogP contribution in [0.2, 0.25) is 25.7 Å². The van der Waals surface area contributed by atoms with E-state index in [-0.39, 0.29) is 5.41 Å². The van der Waals surface area contributed by atoms with E-state index in [0.29, 0.717) is 25.7 Å². The molecule has 0 aliphatic carbocycles. The van der Waals surface area contributed by atoms with E-state index >= 15 is 0 Å². The van der Waals surface area contributed by atoms with Crippen LogP contribution in [0, 0.1) is 11.3 Å². The van der Waals surface area contributed by atoms with Crippen LogP contribution in [-0.4, -0.2) is 68.5 Å². The number of aromatic nitrogens is 3. The lowest BCUT2D eigenvalue weighted by Crippen LogP contribution is -2.47. The van der Waals surface area contributed by atoms with Crippen molar-refractivity contribution in [3.8, 4) is 0 Å². The van der Waals surface area contributed by atoms with Gasteiger partial charge in [-0.1, -0.05) is 26.6 Å². The number of anilines is 1. The number of piperidine rings is 1. The molecule has 0 spiro atoms. The van der Waals surface area contributed by atoms with Crippen molar-refractivity contribution in [1.29, 1.82) is 0 Å². The van der Waals surface area contributed by atoms with Crippen molar-refractivity contribution in [3.05, 3.63) is 18.6 Å². The van der Waals surface area contributed by atoms with Crippen molar-refractivity contribution in [3.63, 3.8) is 0 Å². The first-order valence-electron chi connectivity index (χ1n) is 10.6. The molecule has 0 saturated carbocycles. The molecule has 2 aliphatic heterocycles. The second-order valence-electron chi connectivity index (χ2n) is 10.2. The van der Waals surface area contributed by atoms with Crippen LogP contribution in [0.3, 0.4) is 0 Å². The van der Waals surface area contributed by atoms with Crippen LogP contribution in [0.5, 0.6) is 0 Å². The molecular weight excluding hydrogens is 418 g/mol. The Balaban J connectivity index is 1.49. The fourth-order valence-electron chi connectivity index (χ4n) is 4.69. The highest BCUT2D eigenvalue weighted by molar-refractivity contribution is 7.76. The lowest BCUT2D eigenvalue weighted by molar-refractivity contribution is 0.0899. The van der Waals surface area contributed by atoms with Gasteiger partial charge in [-0.2, -0.15) is 0 Å². The van der Waals surface area contributed by atoms with Crippen molar-refractivity contribution in [2.24, 2.45) is 11.3 Å². The molecule has 0 N–H and O–H groups in total. The molecule has 4 rings (SSSR count). The number of nitrogens with zero attached hydrogens (tertiary/aromatic N) is 5. The van der Waals surface area contributed by atoms with Crippen molar-refractivity contribution in [1.82, 2.24) is 18.8 Å². The van der Waals surface area contributed by atoms with Crippen LogP contribution in [0.4, 0.5) is 5.82 Å². The predicted molar refractivity (Wildman–Crippen MR) is 121 cm³/mol. The molecule has 0 bridgehead atoms. The molecule has 8 nitrogen and oxygen atoms in total. The summed E-state index contributed by atoms with van der Waals surface area (Å²) in [5.41, 5.74) is 0.826. The van der Waals surface area contributed by atoms with Gasteiger partial charge in [0.1, 0.15) is 24.5 Å². The zero-order valence-electron chi connectivity index (χ0n) is 18.3. The highest BCUT2D eigenvalue weighted by Crippen LogP contribution is 2.43. The first kappa shape index (κ1) is 21.9. The van der Waals surface area contributed by atoms with E-state index in [1.54, 1.807) is 10.6 Å². The average molecular weight is 451 g/mol. The maximum absolute atomic E-state index is 11.5. The number of ether oxygens (including phenoxy) is 1. The SMILES string of the molecule is C[C@@]12CN(c3ncnc4c3ccn4COCC[Si](C)(C)C)CC[C@@H]1CN(S(=O)[O-])C2. The Morgan fingerprint density at radius 3 is 2.87 bits per heavy atom. The normalized spacial score (nSPS) is 26.3. The number of fused-ring (bicyclic) bond motifs is 2.